The Labute approximate surface area is 171 Å². The molecule has 0 amide bonds. The third-order valence-electron chi connectivity index (χ3n) is 6.19. The molecule has 146 valence electrons. The first-order chi connectivity index (χ1) is 14.3. The summed E-state index contributed by atoms with van der Waals surface area (Å²) in [5.74, 6) is 0. The fourth-order valence-corrected chi connectivity index (χ4v) is 4.80. The van der Waals surface area contributed by atoms with Crippen LogP contribution >= 0.6 is 0 Å². The van der Waals surface area contributed by atoms with Gasteiger partial charge in [0.15, 0.2) is 0 Å². The van der Waals surface area contributed by atoms with Gasteiger partial charge in [-0.15, -0.1) is 0 Å². The van der Waals surface area contributed by atoms with Gasteiger partial charge in [0.1, 0.15) is 6.04 Å². The molecule has 1 aliphatic rings. The van der Waals surface area contributed by atoms with Crippen molar-refractivity contribution >= 4 is 16.6 Å². The third-order valence-corrected chi connectivity index (χ3v) is 6.19. The fourth-order valence-electron chi connectivity index (χ4n) is 4.80. The van der Waals surface area contributed by atoms with Gasteiger partial charge >= 0.3 is 0 Å². The van der Waals surface area contributed by atoms with E-state index in [0.29, 0.717) is 0 Å². The monoisotopic (exact) mass is 383 g/mol. The number of aromatic amines is 1. The van der Waals surface area contributed by atoms with Gasteiger partial charge in [0, 0.05) is 45.8 Å². The molecule has 1 fully saturated rings. The molecule has 2 aromatic carbocycles. The van der Waals surface area contributed by atoms with Crippen LogP contribution in [-0.2, 0) is 0 Å². The Hall–Kier alpha value is -3.11. The number of fused-ring (bicyclic) bond motifs is 1. The molecule has 0 saturated carbocycles. The van der Waals surface area contributed by atoms with Crippen LogP contribution in [0.5, 0.6) is 0 Å². The lowest BCUT2D eigenvalue weighted by molar-refractivity contribution is -0.926. The molecule has 29 heavy (non-hydrogen) atoms. The van der Waals surface area contributed by atoms with Crippen molar-refractivity contribution in [2.75, 3.05) is 31.1 Å². The Morgan fingerprint density at radius 2 is 1.69 bits per heavy atom. The number of rotatable bonds is 4. The van der Waals surface area contributed by atoms with E-state index in [0.717, 1.165) is 26.2 Å². The number of quaternary nitrogens is 1. The van der Waals surface area contributed by atoms with Gasteiger partial charge in [0.25, 0.3) is 0 Å². The highest BCUT2D eigenvalue weighted by molar-refractivity contribution is 5.85. The van der Waals surface area contributed by atoms with E-state index >= 15 is 0 Å². The van der Waals surface area contributed by atoms with Gasteiger partial charge < -0.3 is 14.8 Å². The Bertz CT molecular complexity index is 1080. The highest BCUT2D eigenvalue weighted by Crippen LogP contribution is 2.30. The molecular formula is C25H27N4+. The van der Waals surface area contributed by atoms with Gasteiger partial charge in [0.05, 0.1) is 26.2 Å². The van der Waals surface area contributed by atoms with Gasteiger partial charge in [-0.2, -0.15) is 0 Å². The minimum absolute atomic E-state index is 0.290. The Balaban J connectivity index is 1.50. The zero-order chi connectivity index (χ0) is 19.6. The second-order valence-corrected chi connectivity index (χ2v) is 7.91. The lowest BCUT2D eigenvalue weighted by Gasteiger charge is -2.38. The van der Waals surface area contributed by atoms with Crippen LogP contribution < -0.4 is 9.80 Å². The minimum atomic E-state index is 0.290. The predicted octanol–water partition coefficient (Wildman–Crippen LogP) is 3.37. The summed E-state index contributed by atoms with van der Waals surface area (Å²) in [7, 11) is 0. The lowest BCUT2D eigenvalue weighted by Crippen LogP contribution is -3.15. The maximum atomic E-state index is 4.45. The van der Waals surface area contributed by atoms with Crippen LogP contribution in [0.15, 0.2) is 79.1 Å². The Morgan fingerprint density at radius 3 is 2.45 bits per heavy atom. The van der Waals surface area contributed by atoms with Crippen molar-refractivity contribution in [2.45, 2.75) is 13.0 Å². The fraction of sp³-hybridized carbons (Fsp3) is 0.240. The first kappa shape index (κ1) is 18.0. The van der Waals surface area contributed by atoms with Crippen LogP contribution in [0.1, 0.15) is 22.9 Å². The lowest BCUT2D eigenvalue weighted by atomic mass is 9.95. The van der Waals surface area contributed by atoms with Crippen molar-refractivity contribution in [1.82, 2.24) is 9.97 Å². The van der Waals surface area contributed by atoms with Crippen molar-refractivity contribution in [3.63, 3.8) is 0 Å². The summed E-state index contributed by atoms with van der Waals surface area (Å²) in [4.78, 5) is 12.2. The van der Waals surface area contributed by atoms with Crippen LogP contribution in [0.4, 0.5) is 5.69 Å². The number of piperazine rings is 1. The molecule has 0 aliphatic carbocycles. The maximum Gasteiger partial charge on any atom is 0.143 e. The van der Waals surface area contributed by atoms with Crippen LogP contribution in [0, 0.1) is 6.92 Å². The summed E-state index contributed by atoms with van der Waals surface area (Å²) in [6, 6.07) is 24.0. The number of anilines is 1. The van der Waals surface area contributed by atoms with E-state index in [4.69, 9.17) is 0 Å². The molecule has 1 aliphatic heterocycles. The minimum Gasteiger partial charge on any atom is -0.360 e. The summed E-state index contributed by atoms with van der Waals surface area (Å²) in [5, 5.41) is 1.33. The SMILES string of the molecule is Cc1[nH]c2ccccc2c1[C@H](c1cccnc1)[NH+]1CCN(c2ccccc2)CC1. The van der Waals surface area contributed by atoms with Crippen molar-refractivity contribution in [3.8, 4) is 0 Å². The van der Waals surface area contributed by atoms with Crippen molar-refractivity contribution in [1.29, 1.82) is 0 Å². The van der Waals surface area contributed by atoms with Crippen molar-refractivity contribution < 1.29 is 4.90 Å². The summed E-state index contributed by atoms with van der Waals surface area (Å²) in [5.41, 5.74) is 6.52. The molecule has 3 heterocycles. The van der Waals surface area contributed by atoms with E-state index in [1.165, 1.54) is 33.4 Å². The van der Waals surface area contributed by atoms with Crippen molar-refractivity contribution in [2.24, 2.45) is 0 Å². The molecule has 4 nitrogen and oxygen atoms in total. The number of pyridine rings is 1. The second kappa shape index (κ2) is 7.72. The number of aryl methyl sites for hydroxylation is 1. The highest BCUT2D eigenvalue weighted by Gasteiger charge is 2.33. The van der Waals surface area contributed by atoms with Crippen LogP contribution in [0.3, 0.4) is 0 Å². The van der Waals surface area contributed by atoms with Crippen LogP contribution in [0.2, 0.25) is 0 Å². The average Bonchev–Trinajstić information content (AvgIpc) is 3.12. The predicted molar refractivity (Wildman–Crippen MR) is 118 cm³/mol. The van der Waals surface area contributed by atoms with E-state index in [2.05, 4.69) is 88.5 Å². The van der Waals surface area contributed by atoms with E-state index in [-0.39, 0.29) is 6.04 Å². The molecule has 1 saturated heterocycles. The van der Waals surface area contributed by atoms with Gasteiger partial charge in [-0.1, -0.05) is 36.4 Å². The zero-order valence-electron chi connectivity index (χ0n) is 16.8. The van der Waals surface area contributed by atoms with Crippen LogP contribution in [-0.4, -0.2) is 36.1 Å². The molecular weight excluding hydrogens is 356 g/mol. The van der Waals surface area contributed by atoms with Gasteiger partial charge in [0.2, 0.25) is 0 Å². The van der Waals surface area contributed by atoms with E-state index in [9.17, 15) is 0 Å². The summed E-state index contributed by atoms with van der Waals surface area (Å²) < 4.78 is 0. The summed E-state index contributed by atoms with van der Waals surface area (Å²) in [6.07, 6.45) is 3.91. The largest absolute Gasteiger partial charge is 0.360 e. The van der Waals surface area contributed by atoms with E-state index in [1.54, 1.807) is 4.90 Å². The molecule has 2 aromatic heterocycles. The number of nitrogens with zero attached hydrogens (tertiary/aromatic N) is 2. The number of aromatic nitrogens is 2. The van der Waals surface area contributed by atoms with E-state index < -0.39 is 0 Å². The molecule has 0 radical (unpaired) electrons. The summed E-state index contributed by atoms with van der Waals surface area (Å²) >= 11 is 0. The third kappa shape index (κ3) is 3.40. The number of para-hydroxylation sites is 2. The standard InChI is InChI=1S/C25H26N4/c1-19-24(22-11-5-6-12-23(22)27-19)25(20-8-7-13-26-18-20)29-16-14-28(15-17-29)21-9-3-2-4-10-21/h2-13,18,25,27H,14-17H2,1H3/p+1/t25-/m0/s1. The first-order valence-corrected chi connectivity index (χ1v) is 10.4. The molecule has 1 atom stereocenters. The van der Waals surface area contributed by atoms with Crippen LogP contribution in [0.25, 0.3) is 10.9 Å². The maximum absolute atomic E-state index is 4.45. The number of benzene rings is 2. The number of H-pyrrole nitrogens is 1. The van der Waals surface area contributed by atoms with Gasteiger partial charge in [-0.05, 0) is 37.3 Å². The highest BCUT2D eigenvalue weighted by atomic mass is 15.3. The van der Waals surface area contributed by atoms with Gasteiger partial charge in [-0.3, -0.25) is 4.98 Å². The van der Waals surface area contributed by atoms with Crippen molar-refractivity contribution in [3.05, 3.63) is 95.9 Å². The molecule has 4 aromatic rings. The van der Waals surface area contributed by atoms with Gasteiger partial charge in [-0.25, -0.2) is 0 Å². The zero-order valence-corrected chi connectivity index (χ0v) is 16.8. The number of hydrogen-bond donors (Lipinski definition) is 2. The second-order valence-electron chi connectivity index (χ2n) is 7.91. The summed E-state index contributed by atoms with van der Waals surface area (Å²) in [6.45, 7) is 6.55. The number of nitrogens with one attached hydrogen (secondary N) is 2. The molecule has 0 spiro atoms. The Kier molecular flexibility index (Phi) is 4.78. The number of hydrogen-bond acceptors (Lipinski definition) is 2. The molecule has 4 heteroatoms. The Morgan fingerprint density at radius 1 is 0.931 bits per heavy atom. The molecule has 5 rings (SSSR count). The first-order valence-electron chi connectivity index (χ1n) is 10.4. The normalized spacial score (nSPS) is 16.2. The molecule has 0 bridgehead atoms. The molecule has 0 unspecified atom stereocenters. The molecule has 2 N–H and O–H groups in total. The smallest absolute Gasteiger partial charge is 0.143 e. The quantitative estimate of drug-likeness (QED) is 0.567. The van der Waals surface area contributed by atoms with E-state index in [1.807, 2.05) is 12.4 Å². The topological polar surface area (TPSA) is 36.4 Å². The average molecular weight is 384 g/mol.